The molecule has 8 heteroatoms. The van der Waals surface area contributed by atoms with Gasteiger partial charge in [-0.15, -0.1) is 0 Å². The van der Waals surface area contributed by atoms with Crippen molar-refractivity contribution in [1.29, 1.82) is 0 Å². The van der Waals surface area contributed by atoms with E-state index in [1.807, 2.05) is 54.3 Å². The van der Waals surface area contributed by atoms with Crippen LogP contribution in [0.15, 0.2) is 52.9 Å². The van der Waals surface area contributed by atoms with Crippen LogP contribution < -0.4 is 5.32 Å². The van der Waals surface area contributed by atoms with E-state index in [9.17, 15) is 9.59 Å². The van der Waals surface area contributed by atoms with Crippen molar-refractivity contribution in [2.45, 2.75) is 19.8 Å². The number of rotatable bonds is 7. The van der Waals surface area contributed by atoms with E-state index in [0.717, 1.165) is 51.3 Å². The molecule has 36 heavy (non-hydrogen) atoms. The highest BCUT2D eigenvalue weighted by atomic mass is 16.5. The molecule has 0 aliphatic carbocycles. The molecule has 8 nitrogen and oxygen atoms in total. The van der Waals surface area contributed by atoms with Gasteiger partial charge < -0.3 is 19.4 Å². The van der Waals surface area contributed by atoms with Gasteiger partial charge in [0.05, 0.1) is 13.2 Å². The summed E-state index contributed by atoms with van der Waals surface area (Å²) >= 11 is 0. The molecule has 0 saturated carbocycles. The Labute approximate surface area is 211 Å². The smallest absolute Gasteiger partial charge is 0.253 e. The van der Waals surface area contributed by atoms with Crippen LogP contribution in [0.3, 0.4) is 0 Å². The molecule has 1 N–H and O–H groups in total. The van der Waals surface area contributed by atoms with Gasteiger partial charge in [-0.3, -0.25) is 14.5 Å². The van der Waals surface area contributed by atoms with E-state index in [0.29, 0.717) is 42.2 Å². The second-order valence-corrected chi connectivity index (χ2v) is 9.73. The van der Waals surface area contributed by atoms with Gasteiger partial charge in [-0.05, 0) is 49.1 Å². The van der Waals surface area contributed by atoms with Crippen LogP contribution in [-0.4, -0.2) is 79.1 Å². The first-order valence-electron chi connectivity index (χ1n) is 12.9. The zero-order valence-corrected chi connectivity index (χ0v) is 20.8. The number of fused-ring (bicyclic) bond motifs is 1. The monoisotopic (exact) mass is 490 g/mol. The molecule has 2 amide bonds. The van der Waals surface area contributed by atoms with Crippen molar-refractivity contribution in [3.05, 3.63) is 54.1 Å². The number of oxazole rings is 1. The van der Waals surface area contributed by atoms with Crippen LogP contribution in [0.2, 0.25) is 0 Å². The SMILES string of the molecule is CC(C(=O)NCCN1CCOCC1)C1CCN(C(=O)c2ccc3oc(-c4ccccc4)nc3c2)CC1. The van der Waals surface area contributed by atoms with Gasteiger partial charge in [0.1, 0.15) is 5.52 Å². The average molecular weight is 491 g/mol. The maximum Gasteiger partial charge on any atom is 0.253 e. The molecule has 2 aromatic carbocycles. The van der Waals surface area contributed by atoms with E-state index in [1.54, 1.807) is 6.07 Å². The highest BCUT2D eigenvalue weighted by Gasteiger charge is 2.30. The predicted octanol–water partition coefficient (Wildman–Crippen LogP) is 3.43. The van der Waals surface area contributed by atoms with E-state index >= 15 is 0 Å². The molecule has 3 heterocycles. The van der Waals surface area contributed by atoms with Gasteiger partial charge in [0.15, 0.2) is 5.58 Å². The molecule has 1 atom stereocenters. The zero-order chi connectivity index (χ0) is 24.9. The van der Waals surface area contributed by atoms with E-state index in [2.05, 4.69) is 15.2 Å². The molecular formula is C28H34N4O4. The normalized spacial score (nSPS) is 18.3. The first-order chi connectivity index (χ1) is 17.6. The van der Waals surface area contributed by atoms with E-state index in [4.69, 9.17) is 9.15 Å². The standard InChI is InChI=1S/C28H34N4O4/c1-20(26(33)29-11-14-31-15-17-35-18-16-31)21-9-12-32(13-10-21)28(34)23-7-8-25-24(19-23)30-27(36-25)22-5-3-2-4-6-22/h2-8,19-21H,9-18H2,1H3,(H,29,33). The van der Waals surface area contributed by atoms with Crippen LogP contribution in [0, 0.1) is 11.8 Å². The lowest BCUT2D eigenvalue weighted by Crippen LogP contribution is -2.45. The molecule has 0 radical (unpaired) electrons. The molecule has 1 aromatic heterocycles. The van der Waals surface area contributed by atoms with Crippen molar-refractivity contribution in [1.82, 2.24) is 20.1 Å². The van der Waals surface area contributed by atoms with Gasteiger partial charge in [0.25, 0.3) is 5.91 Å². The molecule has 3 aromatic rings. The number of hydrogen-bond acceptors (Lipinski definition) is 6. The van der Waals surface area contributed by atoms with Crippen molar-refractivity contribution in [3.8, 4) is 11.5 Å². The van der Waals surface area contributed by atoms with Gasteiger partial charge in [-0.1, -0.05) is 25.1 Å². The lowest BCUT2D eigenvalue weighted by Gasteiger charge is -2.34. The topological polar surface area (TPSA) is 87.9 Å². The number of aromatic nitrogens is 1. The fourth-order valence-corrected chi connectivity index (χ4v) is 5.09. The molecule has 1 unspecified atom stereocenters. The molecule has 5 rings (SSSR count). The van der Waals surface area contributed by atoms with E-state index in [1.165, 1.54) is 0 Å². The highest BCUT2D eigenvalue weighted by Crippen LogP contribution is 2.28. The van der Waals surface area contributed by atoms with Crippen molar-refractivity contribution in [2.24, 2.45) is 11.8 Å². The summed E-state index contributed by atoms with van der Waals surface area (Å²) in [6.45, 7) is 8.22. The zero-order valence-electron chi connectivity index (χ0n) is 20.8. The Balaban J connectivity index is 1.13. The second-order valence-electron chi connectivity index (χ2n) is 9.73. The summed E-state index contributed by atoms with van der Waals surface area (Å²) in [5, 5.41) is 3.10. The molecule has 2 saturated heterocycles. The summed E-state index contributed by atoms with van der Waals surface area (Å²) in [6, 6.07) is 15.2. The number of ether oxygens (including phenoxy) is 1. The van der Waals surface area contributed by atoms with Crippen molar-refractivity contribution >= 4 is 22.9 Å². The van der Waals surface area contributed by atoms with Crippen molar-refractivity contribution in [3.63, 3.8) is 0 Å². The minimum atomic E-state index is -0.0603. The minimum Gasteiger partial charge on any atom is -0.436 e. The average Bonchev–Trinajstić information content (AvgIpc) is 3.37. The number of benzene rings is 2. The van der Waals surface area contributed by atoms with Crippen LogP contribution in [-0.2, 0) is 9.53 Å². The minimum absolute atomic E-state index is 0.00206. The van der Waals surface area contributed by atoms with Gasteiger partial charge in [-0.2, -0.15) is 0 Å². The third-order valence-electron chi connectivity index (χ3n) is 7.43. The predicted molar refractivity (Wildman–Crippen MR) is 138 cm³/mol. The number of likely N-dealkylation sites (tertiary alicyclic amines) is 1. The summed E-state index contributed by atoms with van der Waals surface area (Å²) < 4.78 is 11.2. The summed E-state index contributed by atoms with van der Waals surface area (Å²) in [4.78, 5) is 34.7. The maximum absolute atomic E-state index is 13.2. The number of amides is 2. The van der Waals surface area contributed by atoms with Gasteiger partial charge in [0.2, 0.25) is 11.8 Å². The second kappa shape index (κ2) is 11.2. The largest absolute Gasteiger partial charge is 0.436 e. The molecule has 0 bridgehead atoms. The van der Waals surface area contributed by atoms with Crippen molar-refractivity contribution < 1.29 is 18.7 Å². The lowest BCUT2D eigenvalue weighted by molar-refractivity contribution is -0.126. The third-order valence-corrected chi connectivity index (χ3v) is 7.43. The van der Waals surface area contributed by atoms with Crippen LogP contribution in [0.25, 0.3) is 22.6 Å². The molecule has 190 valence electrons. The van der Waals surface area contributed by atoms with Crippen LogP contribution in [0.1, 0.15) is 30.1 Å². The number of carbonyl (C=O) groups is 2. The van der Waals surface area contributed by atoms with Crippen LogP contribution in [0.4, 0.5) is 0 Å². The van der Waals surface area contributed by atoms with Gasteiger partial charge in [0, 0.05) is 56.3 Å². The molecule has 2 aliphatic rings. The number of piperidine rings is 1. The summed E-state index contributed by atoms with van der Waals surface area (Å²) in [5.41, 5.74) is 2.86. The quantitative estimate of drug-likeness (QED) is 0.546. The van der Waals surface area contributed by atoms with Crippen LogP contribution >= 0.6 is 0 Å². The molecular weight excluding hydrogens is 456 g/mol. The summed E-state index contributed by atoms with van der Waals surface area (Å²) in [7, 11) is 0. The first kappa shape index (κ1) is 24.5. The Morgan fingerprint density at radius 3 is 2.56 bits per heavy atom. The third kappa shape index (κ3) is 5.60. The number of morpholine rings is 1. The number of nitrogens with zero attached hydrogens (tertiary/aromatic N) is 3. The Bertz CT molecular complexity index is 1180. The Kier molecular flexibility index (Phi) is 7.63. The van der Waals surface area contributed by atoms with E-state index < -0.39 is 0 Å². The van der Waals surface area contributed by atoms with Gasteiger partial charge >= 0.3 is 0 Å². The number of carbonyl (C=O) groups excluding carboxylic acids is 2. The Morgan fingerprint density at radius 1 is 1.06 bits per heavy atom. The summed E-state index contributed by atoms with van der Waals surface area (Å²) in [5.74, 6) is 0.882. The van der Waals surface area contributed by atoms with Crippen molar-refractivity contribution in [2.75, 3.05) is 52.5 Å². The fraction of sp³-hybridized carbons (Fsp3) is 0.464. The molecule has 2 fully saturated rings. The number of hydrogen-bond donors (Lipinski definition) is 1. The van der Waals surface area contributed by atoms with E-state index in [-0.39, 0.29) is 23.7 Å². The van der Waals surface area contributed by atoms with Gasteiger partial charge in [-0.25, -0.2) is 4.98 Å². The first-order valence-corrected chi connectivity index (χ1v) is 12.9. The maximum atomic E-state index is 13.2. The Hall–Kier alpha value is -3.23. The lowest BCUT2D eigenvalue weighted by atomic mass is 9.84. The molecule has 2 aliphatic heterocycles. The van der Waals surface area contributed by atoms with Crippen LogP contribution in [0.5, 0.6) is 0 Å². The molecule has 0 spiro atoms. The summed E-state index contributed by atoms with van der Waals surface area (Å²) in [6.07, 6.45) is 1.66. The Morgan fingerprint density at radius 2 is 1.81 bits per heavy atom. The number of nitrogens with one attached hydrogen (secondary N) is 1. The fourth-order valence-electron chi connectivity index (χ4n) is 5.09. The highest BCUT2D eigenvalue weighted by molar-refractivity contribution is 5.97.